The molecule has 1 saturated heterocycles. The lowest BCUT2D eigenvalue weighted by molar-refractivity contribution is -0.150. The average molecular weight is 818 g/mol. The number of likely N-dealkylation sites (tertiary alicyclic amines) is 1. The van der Waals surface area contributed by atoms with Crippen molar-refractivity contribution in [2.45, 2.75) is 148 Å². The lowest BCUT2D eigenvalue weighted by Gasteiger charge is -2.55. The zero-order chi connectivity index (χ0) is 42.4. The summed E-state index contributed by atoms with van der Waals surface area (Å²) >= 11 is 0. The Bertz CT molecular complexity index is 1810. The molecule has 2 heterocycles. The lowest BCUT2D eigenvalue weighted by Crippen LogP contribution is -2.60. The number of hydrogen-bond donors (Lipinski definition) is 7. The Morgan fingerprint density at radius 1 is 0.881 bits per heavy atom. The molecule has 4 saturated carbocycles. The Labute approximate surface area is 348 Å². The van der Waals surface area contributed by atoms with Gasteiger partial charge in [-0.2, -0.15) is 0 Å². The normalized spacial score (nSPS) is 25.9. The Kier molecular flexibility index (Phi) is 14.4. The average Bonchev–Trinajstić information content (AvgIpc) is 3.85. The van der Waals surface area contributed by atoms with E-state index in [1.807, 2.05) is 52.0 Å². The number of rotatable bonds is 20. The third-order valence-corrected chi connectivity index (χ3v) is 13.8. The van der Waals surface area contributed by atoms with Gasteiger partial charge in [-0.05, 0) is 125 Å². The van der Waals surface area contributed by atoms with E-state index < -0.39 is 59.3 Å². The number of amides is 5. The highest BCUT2D eigenvalue weighted by atomic mass is 16.4. The Hall–Kier alpha value is -4.46. The maximum Gasteiger partial charge on any atom is 0.326 e. The van der Waals surface area contributed by atoms with Gasteiger partial charge in [0, 0.05) is 35.5 Å². The van der Waals surface area contributed by atoms with Crippen LogP contribution in [0.25, 0.3) is 10.9 Å². The minimum atomic E-state index is -1.16. The molecular formula is C45H67N7O7. The summed E-state index contributed by atoms with van der Waals surface area (Å²) in [6.45, 7) is 8.24. The fraction of sp³-hybridized carbons (Fsp3) is 0.689. The second kappa shape index (κ2) is 19.3. The zero-order valence-electron chi connectivity index (χ0n) is 35.4. The van der Waals surface area contributed by atoms with Gasteiger partial charge in [0.05, 0.1) is 0 Å². The van der Waals surface area contributed by atoms with Crippen LogP contribution >= 0.6 is 0 Å². The van der Waals surface area contributed by atoms with Crippen LogP contribution in [0.15, 0.2) is 30.5 Å². The van der Waals surface area contributed by atoms with Gasteiger partial charge in [-0.3, -0.25) is 24.0 Å². The van der Waals surface area contributed by atoms with Crippen LogP contribution in [0.2, 0.25) is 0 Å². The SMILES string of the molecule is CC[C@H](C)[C@H](NC(=O)[C@H](Cc1c[nH]c2ccccc12)NC(=O)[C@@H]1CCCN1C(=O)[C@H](CCCCN)NC(=O)C12CC3CC(CC(C3)C1)C2)C(=O)N[C@@H](CC(C)C)C(=O)O. The molecule has 14 heteroatoms. The quantitative estimate of drug-likeness (QED) is 0.0962. The molecule has 5 fully saturated rings. The van der Waals surface area contributed by atoms with Crippen LogP contribution in [0.5, 0.6) is 0 Å². The van der Waals surface area contributed by atoms with Gasteiger partial charge < -0.3 is 42.0 Å². The number of carbonyl (C=O) groups is 6. The molecular weight excluding hydrogens is 751 g/mol. The highest BCUT2D eigenvalue weighted by molar-refractivity contribution is 5.97. The van der Waals surface area contributed by atoms with Crippen molar-refractivity contribution in [3.8, 4) is 0 Å². The Morgan fingerprint density at radius 2 is 1.56 bits per heavy atom. The van der Waals surface area contributed by atoms with Crippen LogP contribution in [-0.4, -0.2) is 93.8 Å². The molecule has 59 heavy (non-hydrogen) atoms. The number of nitrogens with one attached hydrogen (secondary N) is 5. The number of para-hydroxylation sites is 1. The van der Waals surface area contributed by atoms with Crippen molar-refractivity contribution in [3.63, 3.8) is 0 Å². The zero-order valence-corrected chi connectivity index (χ0v) is 35.4. The number of aromatic amines is 1. The number of nitrogens with two attached hydrogens (primary N) is 1. The van der Waals surface area contributed by atoms with Gasteiger partial charge in [-0.15, -0.1) is 0 Å². The third kappa shape index (κ3) is 10.3. The van der Waals surface area contributed by atoms with E-state index >= 15 is 0 Å². The summed E-state index contributed by atoms with van der Waals surface area (Å²) in [5.41, 5.74) is 7.04. The van der Waals surface area contributed by atoms with Gasteiger partial charge in [-0.1, -0.05) is 52.3 Å². The van der Waals surface area contributed by atoms with E-state index in [1.54, 1.807) is 11.1 Å². The predicted molar refractivity (Wildman–Crippen MR) is 225 cm³/mol. The van der Waals surface area contributed by atoms with Gasteiger partial charge in [0.1, 0.15) is 30.2 Å². The maximum absolute atomic E-state index is 14.5. The van der Waals surface area contributed by atoms with Crippen molar-refractivity contribution < 1.29 is 33.9 Å². The summed E-state index contributed by atoms with van der Waals surface area (Å²) < 4.78 is 0. The summed E-state index contributed by atoms with van der Waals surface area (Å²) in [7, 11) is 0. The molecule has 324 valence electrons. The number of aliphatic carboxylic acids is 1. The first kappa shape index (κ1) is 44.1. The second-order valence-electron chi connectivity index (χ2n) is 18.7. The number of nitrogens with zero attached hydrogens (tertiary/aromatic N) is 1. The largest absolute Gasteiger partial charge is 0.480 e. The van der Waals surface area contributed by atoms with Crippen molar-refractivity contribution in [2.75, 3.05) is 13.1 Å². The van der Waals surface area contributed by atoms with Gasteiger partial charge in [0.2, 0.25) is 29.5 Å². The highest BCUT2D eigenvalue weighted by Gasteiger charge is 2.55. The van der Waals surface area contributed by atoms with Crippen LogP contribution in [0.4, 0.5) is 0 Å². The molecule has 5 amide bonds. The van der Waals surface area contributed by atoms with Gasteiger partial charge in [-0.25, -0.2) is 4.79 Å². The number of H-pyrrole nitrogens is 1. The first-order chi connectivity index (χ1) is 28.2. The van der Waals surface area contributed by atoms with E-state index in [9.17, 15) is 33.9 Å². The smallest absolute Gasteiger partial charge is 0.326 e. The van der Waals surface area contributed by atoms with Crippen LogP contribution in [0.1, 0.15) is 117 Å². The monoisotopic (exact) mass is 818 g/mol. The molecule has 8 N–H and O–H groups in total. The molecule has 5 aliphatic rings. The standard InChI is InChI=1S/C45H67N7O7/c1-5-27(4)38(41(55)49-36(43(57)58)17-26(2)3)51-39(53)35(21-31-25-47-33-12-7-6-11-32(31)33)48-40(54)37-14-10-16-52(37)42(56)34(13-8-9-15-46)50-44(59)45-22-28-18-29(23-45)20-30(19-28)24-45/h6-7,11-12,25-30,34-38,47H,5,8-10,13-24,46H2,1-4H3,(H,48,54)(H,49,55)(H,50,59)(H,51,53)(H,57,58)/t27-,28?,29?,30?,34-,35-,36-,37-,38-,45?/m0/s1. The van der Waals surface area contributed by atoms with E-state index in [2.05, 4.69) is 26.3 Å². The lowest BCUT2D eigenvalue weighted by atomic mass is 9.49. The summed E-state index contributed by atoms with van der Waals surface area (Å²) in [5, 5.41) is 22.4. The number of carbonyl (C=O) groups excluding carboxylic acids is 5. The molecule has 0 unspecified atom stereocenters. The molecule has 1 aromatic carbocycles. The first-order valence-corrected chi connectivity index (χ1v) is 22.2. The molecule has 14 nitrogen and oxygen atoms in total. The summed E-state index contributed by atoms with van der Waals surface area (Å²) in [4.78, 5) is 88.0. The maximum atomic E-state index is 14.5. The van der Waals surface area contributed by atoms with E-state index in [4.69, 9.17) is 5.73 Å². The van der Waals surface area contributed by atoms with Crippen molar-refractivity contribution in [1.82, 2.24) is 31.2 Å². The second-order valence-corrected chi connectivity index (χ2v) is 18.7. The molecule has 1 aromatic heterocycles. The minimum absolute atomic E-state index is 0.00471. The third-order valence-electron chi connectivity index (χ3n) is 13.8. The van der Waals surface area contributed by atoms with Crippen LogP contribution < -0.4 is 27.0 Å². The Balaban J connectivity index is 1.21. The van der Waals surface area contributed by atoms with E-state index in [-0.39, 0.29) is 36.5 Å². The van der Waals surface area contributed by atoms with Crippen molar-refractivity contribution >= 4 is 46.4 Å². The fourth-order valence-corrected chi connectivity index (χ4v) is 10.9. The topological polar surface area (TPSA) is 216 Å². The van der Waals surface area contributed by atoms with E-state index in [1.165, 1.54) is 19.3 Å². The molecule has 7 rings (SSSR count). The number of unbranched alkanes of at least 4 members (excludes halogenated alkanes) is 1. The molecule has 4 bridgehead atoms. The van der Waals surface area contributed by atoms with Crippen molar-refractivity contribution in [3.05, 3.63) is 36.0 Å². The summed E-state index contributed by atoms with van der Waals surface area (Å²) in [6, 6.07) is 2.63. The number of carboxylic acid groups (broad SMARTS) is 1. The van der Waals surface area contributed by atoms with Gasteiger partial charge in [0.25, 0.3) is 0 Å². The predicted octanol–water partition coefficient (Wildman–Crippen LogP) is 4.16. The first-order valence-electron chi connectivity index (χ1n) is 22.2. The Morgan fingerprint density at radius 3 is 2.19 bits per heavy atom. The van der Waals surface area contributed by atoms with Gasteiger partial charge >= 0.3 is 5.97 Å². The summed E-state index contributed by atoms with van der Waals surface area (Å²) in [5.74, 6) is -1.82. The number of aromatic nitrogens is 1. The molecule has 1 aliphatic heterocycles. The minimum Gasteiger partial charge on any atom is -0.480 e. The molecule has 0 radical (unpaired) electrons. The fourth-order valence-electron chi connectivity index (χ4n) is 10.9. The molecule has 6 atom stereocenters. The number of fused-ring (bicyclic) bond motifs is 1. The summed E-state index contributed by atoms with van der Waals surface area (Å²) in [6.07, 6.45) is 11.6. The van der Waals surface area contributed by atoms with E-state index in [0.717, 1.165) is 35.7 Å². The van der Waals surface area contributed by atoms with Crippen molar-refractivity contribution in [2.24, 2.45) is 40.7 Å². The van der Waals surface area contributed by atoms with Crippen LogP contribution in [0.3, 0.4) is 0 Å². The number of carboxylic acids is 1. The number of benzene rings is 1. The van der Waals surface area contributed by atoms with Crippen LogP contribution in [0, 0.1) is 35.0 Å². The molecule has 4 aliphatic carbocycles. The van der Waals surface area contributed by atoms with Crippen LogP contribution in [-0.2, 0) is 35.2 Å². The van der Waals surface area contributed by atoms with Crippen molar-refractivity contribution in [1.29, 1.82) is 0 Å². The van der Waals surface area contributed by atoms with Gasteiger partial charge in [0.15, 0.2) is 0 Å². The molecule has 0 spiro atoms. The number of hydrogen-bond acceptors (Lipinski definition) is 7. The van der Waals surface area contributed by atoms with E-state index in [0.29, 0.717) is 69.4 Å². The molecule has 2 aromatic rings. The highest BCUT2D eigenvalue weighted by Crippen LogP contribution is 2.60.